The zero-order valence-electron chi connectivity index (χ0n) is 16.6. The van der Waals surface area contributed by atoms with E-state index in [-0.39, 0.29) is 5.91 Å². The van der Waals surface area contributed by atoms with Crippen molar-refractivity contribution >= 4 is 5.91 Å². The van der Waals surface area contributed by atoms with Crippen molar-refractivity contribution < 1.29 is 4.79 Å². The molecule has 6 nitrogen and oxygen atoms in total. The third-order valence-electron chi connectivity index (χ3n) is 5.79. The fraction of sp³-hybridized carbons (Fsp3) is 0.409. The summed E-state index contributed by atoms with van der Waals surface area (Å²) in [5, 5.41) is 4.11. The highest BCUT2D eigenvalue weighted by Crippen LogP contribution is 2.25. The smallest absolute Gasteiger partial charge is 0.272 e. The van der Waals surface area contributed by atoms with Crippen LogP contribution in [0.1, 0.15) is 35.4 Å². The number of rotatable bonds is 5. The van der Waals surface area contributed by atoms with E-state index in [1.54, 1.807) is 16.9 Å². The van der Waals surface area contributed by atoms with Crippen LogP contribution in [0, 0.1) is 12.8 Å². The van der Waals surface area contributed by atoms with Gasteiger partial charge in [-0.25, -0.2) is 4.98 Å². The maximum Gasteiger partial charge on any atom is 0.272 e. The monoisotopic (exact) mass is 377 g/mol. The van der Waals surface area contributed by atoms with Crippen molar-refractivity contribution in [1.29, 1.82) is 0 Å². The Kier molecular flexibility index (Phi) is 5.28. The number of benzene rings is 1. The average Bonchev–Trinajstić information content (AvgIpc) is 3.32. The van der Waals surface area contributed by atoms with Gasteiger partial charge < -0.3 is 9.47 Å². The lowest BCUT2D eigenvalue weighted by molar-refractivity contribution is 0.0674. The molecule has 146 valence electrons. The molecule has 6 heteroatoms. The Labute approximate surface area is 165 Å². The molecule has 0 saturated carbocycles. The van der Waals surface area contributed by atoms with Gasteiger partial charge in [0.1, 0.15) is 11.5 Å². The Balaban J connectivity index is 1.35. The van der Waals surface area contributed by atoms with Crippen LogP contribution in [0.4, 0.5) is 0 Å². The molecule has 0 N–H and O–H groups in total. The first kappa shape index (κ1) is 18.5. The molecule has 2 aromatic heterocycles. The number of aryl methyl sites for hydroxylation is 2. The van der Waals surface area contributed by atoms with Crippen LogP contribution in [-0.2, 0) is 13.6 Å². The van der Waals surface area contributed by atoms with Gasteiger partial charge in [-0.3, -0.25) is 9.48 Å². The van der Waals surface area contributed by atoms with E-state index in [9.17, 15) is 4.79 Å². The summed E-state index contributed by atoms with van der Waals surface area (Å²) < 4.78 is 3.98. The van der Waals surface area contributed by atoms with E-state index in [0.29, 0.717) is 11.6 Å². The number of hydrogen-bond acceptors (Lipinski definition) is 3. The van der Waals surface area contributed by atoms with Crippen LogP contribution < -0.4 is 0 Å². The average molecular weight is 377 g/mol. The molecular weight excluding hydrogens is 350 g/mol. The Hall–Kier alpha value is -2.89. The van der Waals surface area contributed by atoms with Crippen molar-refractivity contribution in [2.45, 2.75) is 32.7 Å². The van der Waals surface area contributed by atoms with E-state index >= 15 is 0 Å². The molecule has 1 fully saturated rings. The molecule has 0 bridgehead atoms. The van der Waals surface area contributed by atoms with Crippen molar-refractivity contribution in [2.75, 3.05) is 13.1 Å². The van der Waals surface area contributed by atoms with Crippen molar-refractivity contribution in [3.05, 3.63) is 60.2 Å². The second kappa shape index (κ2) is 8.00. The van der Waals surface area contributed by atoms with Gasteiger partial charge >= 0.3 is 0 Å². The van der Waals surface area contributed by atoms with Gasteiger partial charge in [0.15, 0.2) is 0 Å². The molecule has 3 heterocycles. The molecule has 0 unspecified atom stereocenters. The molecule has 0 radical (unpaired) electrons. The zero-order chi connectivity index (χ0) is 19.5. The number of amides is 1. The molecule has 0 atom stereocenters. The summed E-state index contributed by atoms with van der Waals surface area (Å²) in [5.74, 6) is 1.78. The molecule has 1 saturated heterocycles. The minimum Gasteiger partial charge on any atom is -0.337 e. The zero-order valence-corrected chi connectivity index (χ0v) is 16.6. The Morgan fingerprint density at radius 3 is 2.57 bits per heavy atom. The molecule has 1 aliphatic heterocycles. The van der Waals surface area contributed by atoms with Gasteiger partial charge in [-0.15, -0.1) is 0 Å². The standard InChI is InChI=1S/C22H27N5O/c1-17-16-23-21(19-6-4-3-5-7-19)27(17)15-11-18-9-13-26(14-10-18)22(28)20-8-12-24-25(20)2/h3-8,12,16,18H,9-11,13-15H2,1-2H3. The number of carbonyl (C=O) groups is 1. The quantitative estimate of drug-likeness (QED) is 0.683. The van der Waals surface area contributed by atoms with Crippen molar-refractivity contribution in [1.82, 2.24) is 24.2 Å². The number of carbonyl (C=O) groups excluding carboxylic acids is 1. The maximum atomic E-state index is 12.6. The van der Waals surface area contributed by atoms with Gasteiger partial charge in [-0.05, 0) is 38.2 Å². The van der Waals surface area contributed by atoms with Crippen molar-refractivity contribution in [3.63, 3.8) is 0 Å². The lowest BCUT2D eigenvalue weighted by atomic mass is 9.93. The summed E-state index contributed by atoms with van der Waals surface area (Å²) in [6.07, 6.45) is 6.86. The van der Waals surface area contributed by atoms with Gasteiger partial charge in [0.2, 0.25) is 0 Å². The van der Waals surface area contributed by atoms with Crippen LogP contribution in [0.3, 0.4) is 0 Å². The predicted octanol–water partition coefficient (Wildman–Crippen LogP) is 3.53. The van der Waals surface area contributed by atoms with E-state index in [1.807, 2.05) is 24.2 Å². The summed E-state index contributed by atoms with van der Waals surface area (Å²) in [7, 11) is 1.82. The summed E-state index contributed by atoms with van der Waals surface area (Å²) in [4.78, 5) is 19.2. The molecule has 0 aliphatic carbocycles. The molecular formula is C22H27N5O. The topological polar surface area (TPSA) is 56.0 Å². The van der Waals surface area contributed by atoms with Crippen LogP contribution in [0.5, 0.6) is 0 Å². The summed E-state index contributed by atoms with van der Waals surface area (Å²) in [6.45, 7) is 4.73. The minimum absolute atomic E-state index is 0.0928. The van der Waals surface area contributed by atoms with E-state index in [1.165, 1.54) is 5.69 Å². The number of imidazole rings is 1. The lowest BCUT2D eigenvalue weighted by Crippen LogP contribution is -2.39. The molecule has 1 aliphatic rings. The molecule has 0 spiro atoms. The van der Waals surface area contributed by atoms with Crippen molar-refractivity contribution in [3.8, 4) is 11.4 Å². The largest absolute Gasteiger partial charge is 0.337 e. The van der Waals surface area contributed by atoms with Gasteiger partial charge in [0.25, 0.3) is 5.91 Å². The second-order valence-corrected chi connectivity index (χ2v) is 7.61. The molecule has 1 amide bonds. The first-order valence-corrected chi connectivity index (χ1v) is 9.98. The number of likely N-dealkylation sites (tertiary alicyclic amines) is 1. The third-order valence-corrected chi connectivity index (χ3v) is 5.79. The highest BCUT2D eigenvalue weighted by Gasteiger charge is 2.25. The Bertz CT molecular complexity index is 935. The number of nitrogens with zero attached hydrogens (tertiary/aromatic N) is 5. The van der Waals surface area contributed by atoms with Gasteiger partial charge in [-0.1, -0.05) is 30.3 Å². The predicted molar refractivity (Wildman–Crippen MR) is 109 cm³/mol. The molecule has 28 heavy (non-hydrogen) atoms. The normalized spacial score (nSPS) is 15.1. The van der Waals surface area contributed by atoms with Crippen LogP contribution in [0.15, 0.2) is 48.8 Å². The van der Waals surface area contributed by atoms with Crippen LogP contribution in [0.2, 0.25) is 0 Å². The molecule has 4 rings (SSSR count). The summed E-state index contributed by atoms with van der Waals surface area (Å²) in [6, 6.07) is 12.2. The molecule has 3 aromatic rings. The Morgan fingerprint density at radius 1 is 1.14 bits per heavy atom. The highest BCUT2D eigenvalue weighted by atomic mass is 16.2. The first-order chi connectivity index (χ1) is 13.6. The fourth-order valence-electron chi connectivity index (χ4n) is 4.04. The van der Waals surface area contributed by atoms with Gasteiger partial charge in [-0.2, -0.15) is 5.10 Å². The van der Waals surface area contributed by atoms with E-state index in [4.69, 9.17) is 0 Å². The van der Waals surface area contributed by atoms with Crippen LogP contribution in [-0.4, -0.2) is 43.2 Å². The maximum absolute atomic E-state index is 12.6. The lowest BCUT2D eigenvalue weighted by Gasteiger charge is -2.32. The highest BCUT2D eigenvalue weighted by molar-refractivity contribution is 5.92. The summed E-state index contributed by atoms with van der Waals surface area (Å²) >= 11 is 0. The number of hydrogen-bond donors (Lipinski definition) is 0. The third kappa shape index (κ3) is 3.72. The van der Waals surface area contributed by atoms with Crippen LogP contribution >= 0.6 is 0 Å². The Morgan fingerprint density at radius 2 is 1.89 bits per heavy atom. The SMILES string of the molecule is Cc1cnc(-c2ccccc2)n1CCC1CCN(C(=O)c2ccnn2C)CC1. The number of piperidine rings is 1. The van der Waals surface area contributed by atoms with E-state index in [0.717, 1.165) is 50.3 Å². The van der Waals surface area contributed by atoms with Gasteiger partial charge in [0, 0.05) is 50.3 Å². The molecule has 1 aromatic carbocycles. The number of aromatic nitrogens is 4. The summed E-state index contributed by atoms with van der Waals surface area (Å²) in [5.41, 5.74) is 3.02. The fourth-order valence-corrected chi connectivity index (χ4v) is 4.04. The minimum atomic E-state index is 0.0928. The second-order valence-electron chi connectivity index (χ2n) is 7.61. The van der Waals surface area contributed by atoms with Crippen LogP contribution in [0.25, 0.3) is 11.4 Å². The van der Waals surface area contributed by atoms with Crippen molar-refractivity contribution in [2.24, 2.45) is 13.0 Å². The van der Waals surface area contributed by atoms with Gasteiger partial charge in [0.05, 0.1) is 0 Å². The first-order valence-electron chi connectivity index (χ1n) is 9.98. The van der Waals surface area contributed by atoms with E-state index in [2.05, 4.69) is 45.8 Å². The van der Waals surface area contributed by atoms with E-state index < -0.39 is 0 Å².